The second-order valence-corrected chi connectivity index (χ2v) is 9.95. The highest BCUT2D eigenvalue weighted by Crippen LogP contribution is 2.33. The molecule has 0 radical (unpaired) electrons. The average molecular weight is 547 g/mol. The number of rotatable bonds is 7. The minimum Gasteiger partial charge on any atom is -0.465 e. The van der Waals surface area contributed by atoms with E-state index in [0.717, 1.165) is 4.90 Å². The number of hydrogen-bond donors (Lipinski definition) is 1. The van der Waals surface area contributed by atoms with Crippen LogP contribution in [0.4, 0.5) is 16.4 Å². The number of para-hydroxylation sites is 1. The standard InChI is InChI=1S/C27H27ClN8O3/c1-16(2)34(4)24-12-17-18(21(31-24)14-33(3)27(38)39)13-35(26(17)37)23-11-7-9-20(30-23)25-32-29-15-36(25)22-10-6-5-8-19(22)28/h5-12,15-16H,13-14H2,1-4H3,(H,38,39). The lowest BCUT2D eigenvalue weighted by molar-refractivity contribution is 0.0996. The Balaban J connectivity index is 1.53. The van der Waals surface area contributed by atoms with Gasteiger partial charge in [0.25, 0.3) is 5.91 Å². The van der Waals surface area contributed by atoms with Crippen LogP contribution in [-0.4, -0.2) is 66.9 Å². The van der Waals surface area contributed by atoms with E-state index in [1.807, 2.05) is 44.0 Å². The molecule has 1 N–H and O–H groups in total. The van der Waals surface area contributed by atoms with Crippen molar-refractivity contribution in [2.45, 2.75) is 33.0 Å². The molecule has 0 aliphatic carbocycles. The predicted octanol–water partition coefficient (Wildman–Crippen LogP) is 4.49. The summed E-state index contributed by atoms with van der Waals surface area (Å²) in [5.41, 5.74) is 2.91. The summed E-state index contributed by atoms with van der Waals surface area (Å²) in [6.45, 7) is 4.29. The van der Waals surface area contributed by atoms with Crippen LogP contribution in [0.1, 0.15) is 35.5 Å². The van der Waals surface area contributed by atoms with E-state index in [-0.39, 0.29) is 25.0 Å². The van der Waals surface area contributed by atoms with E-state index in [9.17, 15) is 14.7 Å². The van der Waals surface area contributed by atoms with Crippen LogP contribution in [0, 0.1) is 0 Å². The van der Waals surface area contributed by atoms with Gasteiger partial charge in [-0.05, 0) is 44.2 Å². The van der Waals surface area contributed by atoms with Gasteiger partial charge in [0.1, 0.15) is 23.7 Å². The summed E-state index contributed by atoms with van der Waals surface area (Å²) in [6.07, 6.45) is 0.483. The Morgan fingerprint density at radius 2 is 1.90 bits per heavy atom. The number of fused-ring (bicyclic) bond motifs is 1. The van der Waals surface area contributed by atoms with Gasteiger partial charge in [0.2, 0.25) is 0 Å². The second-order valence-electron chi connectivity index (χ2n) is 9.54. The Labute approximate surface area is 230 Å². The molecule has 0 fully saturated rings. The molecule has 0 bridgehead atoms. The zero-order valence-corrected chi connectivity index (χ0v) is 22.7. The largest absolute Gasteiger partial charge is 0.465 e. The van der Waals surface area contributed by atoms with Gasteiger partial charge in [-0.2, -0.15) is 0 Å². The lowest BCUT2D eigenvalue weighted by atomic mass is 10.1. The molecule has 12 heteroatoms. The molecule has 0 saturated carbocycles. The quantitative estimate of drug-likeness (QED) is 0.360. The maximum Gasteiger partial charge on any atom is 0.407 e. The van der Waals surface area contributed by atoms with E-state index in [2.05, 4.69) is 10.2 Å². The monoisotopic (exact) mass is 546 g/mol. The summed E-state index contributed by atoms with van der Waals surface area (Å²) in [5, 5.41) is 18.3. The molecule has 0 unspecified atom stereocenters. The smallest absolute Gasteiger partial charge is 0.407 e. The van der Waals surface area contributed by atoms with Crippen molar-refractivity contribution in [3.05, 3.63) is 76.7 Å². The number of aromatic nitrogens is 5. The van der Waals surface area contributed by atoms with Crippen molar-refractivity contribution in [3.63, 3.8) is 0 Å². The van der Waals surface area contributed by atoms with Gasteiger partial charge in [-0.15, -0.1) is 10.2 Å². The van der Waals surface area contributed by atoms with Crippen LogP contribution in [0.3, 0.4) is 0 Å². The maximum absolute atomic E-state index is 13.7. The minimum atomic E-state index is -1.08. The van der Waals surface area contributed by atoms with Crippen LogP contribution >= 0.6 is 11.6 Å². The number of carbonyl (C=O) groups excluding carboxylic acids is 1. The van der Waals surface area contributed by atoms with Crippen molar-refractivity contribution >= 4 is 35.2 Å². The van der Waals surface area contributed by atoms with Gasteiger partial charge in [-0.3, -0.25) is 14.3 Å². The lowest BCUT2D eigenvalue weighted by Crippen LogP contribution is -2.29. The lowest BCUT2D eigenvalue weighted by Gasteiger charge is -2.24. The number of carbonyl (C=O) groups is 2. The van der Waals surface area contributed by atoms with Crippen molar-refractivity contribution in [1.29, 1.82) is 0 Å². The van der Waals surface area contributed by atoms with E-state index in [4.69, 9.17) is 21.6 Å². The summed E-state index contributed by atoms with van der Waals surface area (Å²) < 4.78 is 1.74. The molecule has 200 valence electrons. The first-order valence-corrected chi connectivity index (χ1v) is 12.7. The fourth-order valence-corrected chi connectivity index (χ4v) is 4.56. The number of nitrogens with zero attached hydrogens (tertiary/aromatic N) is 8. The Bertz CT molecular complexity index is 1570. The van der Waals surface area contributed by atoms with E-state index in [1.54, 1.807) is 46.1 Å². The number of pyridine rings is 2. The summed E-state index contributed by atoms with van der Waals surface area (Å²) in [4.78, 5) is 39.4. The van der Waals surface area contributed by atoms with E-state index < -0.39 is 6.09 Å². The Morgan fingerprint density at radius 3 is 2.62 bits per heavy atom. The van der Waals surface area contributed by atoms with Crippen molar-refractivity contribution in [3.8, 4) is 17.2 Å². The molecule has 3 aromatic heterocycles. The molecule has 0 spiro atoms. The Kier molecular flexibility index (Phi) is 6.92. The summed E-state index contributed by atoms with van der Waals surface area (Å²) in [5.74, 6) is 1.27. The van der Waals surface area contributed by atoms with Crippen LogP contribution in [0.2, 0.25) is 5.02 Å². The van der Waals surface area contributed by atoms with Crippen molar-refractivity contribution in [1.82, 2.24) is 29.6 Å². The zero-order valence-electron chi connectivity index (χ0n) is 21.9. The highest BCUT2D eigenvalue weighted by molar-refractivity contribution is 6.32. The number of amides is 2. The molecular formula is C27H27ClN8O3. The molecule has 1 aliphatic heterocycles. The number of anilines is 2. The van der Waals surface area contributed by atoms with Gasteiger partial charge < -0.3 is 14.9 Å². The van der Waals surface area contributed by atoms with Crippen molar-refractivity contribution < 1.29 is 14.7 Å². The van der Waals surface area contributed by atoms with E-state index in [1.165, 1.54) is 7.05 Å². The maximum atomic E-state index is 13.7. The van der Waals surface area contributed by atoms with Gasteiger partial charge in [0.15, 0.2) is 5.82 Å². The highest BCUT2D eigenvalue weighted by atomic mass is 35.5. The normalized spacial score (nSPS) is 12.7. The fourth-order valence-electron chi connectivity index (χ4n) is 4.34. The predicted molar refractivity (Wildman–Crippen MR) is 147 cm³/mol. The first-order chi connectivity index (χ1) is 18.7. The zero-order chi connectivity index (χ0) is 27.8. The minimum absolute atomic E-state index is 0.0486. The number of hydrogen-bond acceptors (Lipinski definition) is 7. The first-order valence-electron chi connectivity index (χ1n) is 12.3. The SMILES string of the molecule is CC(C)N(C)c1cc2c(c(CN(C)C(=O)O)n1)CN(c1cccc(-c3nncn3-c3ccccc3Cl)n1)C2=O. The third-order valence-electron chi connectivity index (χ3n) is 6.74. The summed E-state index contributed by atoms with van der Waals surface area (Å²) in [7, 11) is 3.37. The highest BCUT2D eigenvalue weighted by Gasteiger charge is 2.34. The van der Waals surface area contributed by atoms with Crippen LogP contribution in [0.25, 0.3) is 17.2 Å². The fraction of sp³-hybridized carbons (Fsp3) is 0.259. The van der Waals surface area contributed by atoms with Crippen LogP contribution in [-0.2, 0) is 13.1 Å². The molecule has 0 saturated heterocycles. The molecule has 4 heterocycles. The molecule has 5 rings (SSSR count). The third-order valence-corrected chi connectivity index (χ3v) is 7.06. The molecule has 4 aromatic rings. The molecule has 1 aliphatic rings. The average Bonchev–Trinajstić information content (AvgIpc) is 3.53. The van der Waals surface area contributed by atoms with E-state index >= 15 is 0 Å². The van der Waals surface area contributed by atoms with Crippen molar-refractivity contribution in [2.24, 2.45) is 0 Å². The van der Waals surface area contributed by atoms with Crippen LogP contribution in [0.15, 0.2) is 54.9 Å². The summed E-state index contributed by atoms with van der Waals surface area (Å²) in [6, 6.07) is 14.6. The van der Waals surface area contributed by atoms with Gasteiger partial charge in [-0.1, -0.05) is 29.8 Å². The van der Waals surface area contributed by atoms with Gasteiger partial charge in [0.05, 0.1) is 35.1 Å². The van der Waals surface area contributed by atoms with Crippen molar-refractivity contribution in [2.75, 3.05) is 23.9 Å². The van der Waals surface area contributed by atoms with Crippen LogP contribution < -0.4 is 9.80 Å². The van der Waals surface area contributed by atoms with E-state index in [0.29, 0.717) is 50.7 Å². The number of halogens is 1. The Morgan fingerprint density at radius 1 is 1.13 bits per heavy atom. The van der Waals surface area contributed by atoms with Gasteiger partial charge >= 0.3 is 6.09 Å². The molecule has 1 aromatic carbocycles. The molecule has 39 heavy (non-hydrogen) atoms. The summed E-state index contributed by atoms with van der Waals surface area (Å²) >= 11 is 6.41. The molecular weight excluding hydrogens is 520 g/mol. The molecule has 0 atom stereocenters. The molecule has 2 amide bonds. The van der Waals surface area contributed by atoms with Crippen LogP contribution in [0.5, 0.6) is 0 Å². The third kappa shape index (κ3) is 4.88. The second kappa shape index (κ2) is 10.3. The topological polar surface area (TPSA) is 121 Å². The molecule has 11 nitrogen and oxygen atoms in total. The first kappa shape index (κ1) is 26.1. The Hall–Kier alpha value is -4.51. The number of benzene rings is 1. The number of carboxylic acid groups (broad SMARTS) is 1. The van der Waals surface area contributed by atoms with Gasteiger partial charge in [-0.25, -0.2) is 14.8 Å². The van der Waals surface area contributed by atoms with Gasteiger partial charge in [0, 0.05) is 25.7 Å².